The molecule has 0 fully saturated rings. The molecule has 1 amide bonds. The molecule has 0 aliphatic carbocycles. The van der Waals surface area contributed by atoms with Crippen molar-refractivity contribution in [2.45, 2.75) is 13.5 Å². The number of carbonyl (C=O) groups is 1. The minimum atomic E-state index is -0.301. The van der Waals surface area contributed by atoms with Gasteiger partial charge in [-0.05, 0) is 37.3 Å². The van der Waals surface area contributed by atoms with Gasteiger partial charge >= 0.3 is 0 Å². The van der Waals surface area contributed by atoms with Crippen LogP contribution in [0.2, 0.25) is 0 Å². The molecule has 0 spiro atoms. The molecule has 1 aromatic heterocycles. The topological polar surface area (TPSA) is 85.4 Å². The Morgan fingerprint density at radius 2 is 1.68 bits per heavy atom. The van der Waals surface area contributed by atoms with Crippen LogP contribution >= 0.6 is 0 Å². The molecule has 3 rings (SSSR count). The van der Waals surface area contributed by atoms with E-state index in [1.165, 1.54) is 0 Å². The number of methoxy groups -OCH3 is 1. The van der Waals surface area contributed by atoms with Crippen molar-refractivity contribution < 1.29 is 14.3 Å². The number of nitrogens with zero attached hydrogens (tertiary/aromatic N) is 2. The summed E-state index contributed by atoms with van der Waals surface area (Å²) in [6.07, 6.45) is 0. The van der Waals surface area contributed by atoms with Crippen LogP contribution in [0.5, 0.6) is 11.5 Å². The number of rotatable bonds is 8. The van der Waals surface area contributed by atoms with Crippen LogP contribution in [0.4, 0.5) is 11.6 Å². The summed E-state index contributed by atoms with van der Waals surface area (Å²) < 4.78 is 10.8. The van der Waals surface area contributed by atoms with E-state index < -0.39 is 0 Å². The first-order valence-electron chi connectivity index (χ1n) is 8.83. The van der Waals surface area contributed by atoms with E-state index in [4.69, 9.17) is 9.47 Å². The van der Waals surface area contributed by atoms with E-state index in [0.29, 0.717) is 23.9 Å². The zero-order valence-electron chi connectivity index (χ0n) is 15.8. The van der Waals surface area contributed by atoms with Gasteiger partial charge in [0, 0.05) is 12.1 Å². The number of carbonyl (C=O) groups excluding carboxylic acids is 1. The first-order valence-corrected chi connectivity index (χ1v) is 8.83. The van der Waals surface area contributed by atoms with E-state index >= 15 is 0 Å². The lowest BCUT2D eigenvalue weighted by Crippen LogP contribution is -2.21. The number of aryl methyl sites for hydroxylation is 1. The molecule has 7 heteroatoms. The lowest BCUT2D eigenvalue weighted by atomic mass is 10.2. The molecule has 2 N–H and O–H groups in total. The molecular formula is C21H22N4O3. The molecule has 28 heavy (non-hydrogen) atoms. The van der Waals surface area contributed by atoms with Gasteiger partial charge in [0.2, 0.25) is 0 Å². The van der Waals surface area contributed by atoms with Crippen molar-refractivity contribution in [1.82, 2.24) is 10.2 Å². The number of anilines is 2. The Hall–Kier alpha value is -3.61. The van der Waals surface area contributed by atoms with Gasteiger partial charge in [0.15, 0.2) is 12.4 Å². The number of ether oxygens (including phenoxy) is 2. The van der Waals surface area contributed by atoms with E-state index in [9.17, 15) is 4.79 Å². The van der Waals surface area contributed by atoms with Crippen molar-refractivity contribution in [3.05, 3.63) is 71.8 Å². The number of hydrogen-bond donors (Lipinski definition) is 2. The number of nitrogens with one attached hydrogen (secondary N) is 2. The predicted octanol–water partition coefficient (Wildman–Crippen LogP) is 3.42. The van der Waals surface area contributed by atoms with Gasteiger partial charge in [-0.15, -0.1) is 10.2 Å². The molecular weight excluding hydrogens is 356 g/mol. The third-order valence-corrected chi connectivity index (χ3v) is 3.98. The van der Waals surface area contributed by atoms with Crippen LogP contribution < -0.4 is 20.1 Å². The summed E-state index contributed by atoms with van der Waals surface area (Å²) in [5.41, 5.74) is 2.14. The van der Waals surface area contributed by atoms with Gasteiger partial charge in [-0.25, -0.2) is 0 Å². The fraction of sp³-hybridized carbons (Fsp3) is 0.190. The minimum absolute atomic E-state index is 0.0987. The zero-order chi connectivity index (χ0) is 19.8. The van der Waals surface area contributed by atoms with Crippen LogP contribution in [-0.4, -0.2) is 29.8 Å². The van der Waals surface area contributed by atoms with E-state index in [1.807, 2.05) is 55.5 Å². The van der Waals surface area contributed by atoms with Gasteiger partial charge in [0.1, 0.15) is 17.3 Å². The van der Waals surface area contributed by atoms with Crippen LogP contribution in [0.3, 0.4) is 0 Å². The summed E-state index contributed by atoms with van der Waals surface area (Å²) in [5, 5.41) is 13.9. The summed E-state index contributed by atoms with van der Waals surface area (Å²) in [6.45, 7) is 2.44. The Morgan fingerprint density at radius 1 is 0.964 bits per heavy atom. The van der Waals surface area contributed by atoms with E-state index in [2.05, 4.69) is 20.8 Å². The van der Waals surface area contributed by atoms with Crippen LogP contribution in [-0.2, 0) is 11.3 Å². The lowest BCUT2D eigenvalue weighted by Gasteiger charge is -2.10. The van der Waals surface area contributed by atoms with Crippen molar-refractivity contribution in [2.75, 3.05) is 24.4 Å². The molecule has 1 heterocycles. The molecule has 2 aromatic carbocycles. The predicted molar refractivity (Wildman–Crippen MR) is 108 cm³/mol. The number of hydrogen-bond acceptors (Lipinski definition) is 6. The van der Waals surface area contributed by atoms with Gasteiger partial charge in [-0.2, -0.15) is 0 Å². The Labute approximate surface area is 163 Å². The van der Waals surface area contributed by atoms with Crippen molar-refractivity contribution in [3.63, 3.8) is 0 Å². The van der Waals surface area contributed by atoms with Crippen molar-refractivity contribution in [2.24, 2.45) is 0 Å². The first kappa shape index (κ1) is 19.2. The second kappa shape index (κ2) is 9.36. The summed E-state index contributed by atoms with van der Waals surface area (Å²) in [7, 11) is 1.64. The van der Waals surface area contributed by atoms with Crippen molar-refractivity contribution in [1.29, 1.82) is 0 Å². The second-order valence-electron chi connectivity index (χ2n) is 6.12. The first-order chi connectivity index (χ1) is 13.6. The fourth-order valence-corrected chi connectivity index (χ4v) is 2.49. The molecule has 3 aromatic rings. The molecule has 7 nitrogen and oxygen atoms in total. The second-order valence-corrected chi connectivity index (χ2v) is 6.12. The molecule has 0 saturated heterocycles. The third-order valence-electron chi connectivity index (χ3n) is 3.98. The Morgan fingerprint density at radius 3 is 2.39 bits per heavy atom. The Balaban J connectivity index is 1.48. The molecule has 0 saturated carbocycles. The lowest BCUT2D eigenvalue weighted by molar-refractivity contribution is -0.118. The van der Waals surface area contributed by atoms with Crippen molar-refractivity contribution >= 4 is 17.5 Å². The summed E-state index contributed by atoms with van der Waals surface area (Å²) >= 11 is 0. The molecule has 0 atom stereocenters. The molecule has 0 bridgehead atoms. The molecule has 0 aliphatic rings. The van der Waals surface area contributed by atoms with E-state index in [1.54, 1.807) is 19.2 Å². The van der Waals surface area contributed by atoms with Crippen LogP contribution in [0.1, 0.15) is 11.1 Å². The Bertz CT molecular complexity index is 912. The highest BCUT2D eigenvalue weighted by Crippen LogP contribution is 2.18. The van der Waals surface area contributed by atoms with Gasteiger partial charge in [0.05, 0.1) is 7.11 Å². The number of benzene rings is 2. The maximum atomic E-state index is 12.0. The molecule has 144 valence electrons. The number of aromatic nitrogens is 2. The molecule has 0 unspecified atom stereocenters. The van der Waals surface area contributed by atoms with Gasteiger partial charge < -0.3 is 20.1 Å². The minimum Gasteiger partial charge on any atom is -0.496 e. The standard InChI is InChI=1S/C21H22N4O3/c1-15-7-9-17(10-8-15)28-14-21(26)23-20-12-11-19(24-25-20)22-13-16-5-3-4-6-18(16)27-2/h3-12H,13-14H2,1-2H3,(H,22,24)(H,23,25,26). The quantitative estimate of drug-likeness (QED) is 0.625. The average molecular weight is 378 g/mol. The van der Waals surface area contributed by atoms with Crippen LogP contribution in [0, 0.1) is 6.92 Å². The third kappa shape index (κ3) is 5.44. The highest BCUT2D eigenvalue weighted by atomic mass is 16.5. The number of amides is 1. The van der Waals surface area contributed by atoms with Crippen LogP contribution in [0.25, 0.3) is 0 Å². The Kier molecular flexibility index (Phi) is 6.41. The van der Waals surface area contributed by atoms with Gasteiger partial charge in [-0.1, -0.05) is 35.9 Å². The fourth-order valence-electron chi connectivity index (χ4n) is 2.49. The number of para-hydroxylation sites is 1. The summed E-state index contributed by atoms with van der Waals surface area (Å²) in [5.74, 6) is 2.10. The molecule has 0 radical (unpaired) electrons. The van der Waals surface area contributed by atoms with Gasteiger partial charge in [-0.3, -0.25) is 4.79 Å². The maximum absolute atomic E-state index is 12.0. The largest absolute Gasteiger partial charge is 0.496 e. The average Bonchev–Trinajstić information content (AvgIpc) is 2.73. The van der Waals surface area contributed by atoms with E-state index in [0.717, 1.165) is 16.9 Å². The van der Waals surface area contributed by atoms with E-state index in [-0.39, 0.29) is 12.5 Å². The summed E-state index contributed by atoms with van der Waals surface area (Å²) in [6, 6.07) is 18.7. The van der Waals surface area contributed by atoms with Gasteiger partial charge in [0.25, 0.3) is 5.91 Å². The highest BCUT2D eigenvalue weighted by molar-refractivity contribution is 5.90. The van der Waals surface area contributed by atoms with Crippen LogP contribution in [0.15, 0.2) is 60.7 Å². The monoisotopic (exact) mass is 378 g/mol. The van der Waals surface area contributed by atoms with Crippen molar-refractivity contribution in [3.8, 4) is 11.5 Å². The normalized spacial score (nSPS) is 10.2. The maximum Gasteiger partial charge on any atom is 0.263 e. The summed E-state index contributed by atoms with van der Waals surface area (Å²) in [4.78, 5) is 12.0. The SMILES string of the molecule is COc1ccccc1CNc1ccc(NC(=O)COc2ccc(C)cc2)nn1. The molecule has 0 aliphatic heterocycles. The smallest absolute Gasteiger partial charge is 0.263 e. The highest BCUT2D eigenvalue weighted by Gasteiger charge is 2.06. The zero-order valence-corrected chi connectivity index (χ0v) is 15.8.